The van der Waals surface area contributed by atoms with E-state index in [1.807, 2.05) is 36.1 Å². The molecule has 27 heavy (non-hydrogen) atoms. The van der Waals surface area contributed by atoms with E-state index in [0.717, 1.165) is 5.56 Å². The molecule has 1 aliphatic heterocycles. The Kier molecular flexibility index (Phi) is 6.34. The maximum Gasteiger partial charge on any atom is 0.253 e. The van der Waals surface area contributed by atoms with E-state index in [2.05, 4.69) is 0 Å². The Bertz CT molecular complexity index is 791. The van der Waals surface area contributed by atoms with Crippen molar-refractivity contribution in [2.75, 3.05) is 38.3 Å². The van der Waals surface area contributed by atoms with Crippen LogP contribution in [0.15, 0.2) is 42.5 Å². The summed E-state index contributed by atoms with van der Waals surface area (Å²) in [4.78, 5) is 16.4. The fourth-order valence-electron chi connectivity index (χ4n) is 3.20. The minimum absolute atomic E-state index is 0.0272. The second-order valence-corrected chi connectivity index (χ2v) is 7.30. The van der Waals surface area contributed by atoms with Gasteiger partial charge in [-0.1, -0.05) is 23.7 Å². The van der Waals surface area contributed by atoms with E-state index in [9.17, 15) is 9.18 Å². The van der Waals surface area contributed by atoms with Gasteiger partial charge in [0.25, 0.3) is 5.91 Å². The van der Waals surface area contributed by atoms with Gasteiger partial charge in [-0.25, -0.2) is 4.39 Å². The molecular formula is C21H24ClFN2O2. The Balaban J connectivity index is 1.68. The number of rotatable bonds is 5. The van der Waals surface area contributed by atoms with Crippen LogP contribution < -0.4 is 4.90 Å². The van der Waals surface area contributed by atoms with Crippen LogP contribution in [0, 0.1) is 5.82 Å². The molecule has 1 amide bonds. The summed E-state index contributed by atoms with van der Waals surface area (Å²) in [5.74, 6) is -0.564. The van der Waals surface area contributed by atoms with Crippen molar-refractivity contribution in [2.24, 2.45) is 0 Å². The molecule has 2 aromatic carbocycles. The van der Waals surface area contributed by atoms with E-state index < -0.39 is 0 Å². The number of hydrogen-bond acceptors (Lipinski definition) is 3. The van der Waals surface area contributed by atoms with Gasteiger partial charge in [0.1, 0.15) is 5.82 Å². The van der Waals surface area contributed by atoms with Gasteiger partial charge in [-0.05, 0) is 49.2 Å². The van der Waals surface area contributed by atoms with Crippen molar-refractivity contribution in [3.05, 3.63) is 64.4 Å². The van der Waals surface area contributed by atoms with Gasteiger partial charge in [-0.3, -0.25) is 4.79 Å². The Morgan fingerprint density at radius 1 is 1.22 bits per heavy atom. The highest BCUT2D eigenvalue weighted by atomic mass is 35.5. The molecule has 1 unspecified atom stereocenters. The van der Waals surface area contributed by atoms with Crippen molar-refractivity contribution in [1.29, 1.82) is 0 Å². The van der Waals surface area contributed by atoms with Gasteiger partial charge in [0.05, 0.1) is 18.9 Å². The summed E-state index contributed by atoms with van der Waals surface area (Å²) >= 11 is 5.91. The van der Waals surface area contributed by atoms with E-state index in [1.54, 1.807) is 24.1 Å². The average Bonchev–Trinajstić information content (AvgIpc) is 2.69. The molecule has 4 nitrogen and oxygen atoms in total. The molecule has 6 heteroatoms. The van der Waals surface area contributed by atoms with E-state index in [0.29, 0.717) is 49.0 Å². The minimum Gasteiger partial charge on any atom is -0.378 e. The van der Waals surface area contributed by atoms with Crippen LogP contribution in [-0.4, -0.2) is 50.2 Å². The second-order valence-electron chi connectivity index (χ2n) is 6.86. The summed E-state index contributed by atoms with van der Waals surface area (Å²) < 4.78 is 19.9. The maximum atomic E-state index is 14.6. The second kappa shape index (κ2) is 8.72. The molecule has 144 valence electrons. The summed E-state index contributed by atoms with van der Waals surface area (Å²) in [6.45, 7) is 4.46. The van der Waals surface area contributed by atoms with E-state index >= 15 is 0 Å². The molecule has 1 saturated heterocycles. The topological polar surface area (TPSA) is 32.8 Å². The zero-order valence-corrected chi connectivity index (χ0v) is 16.4. The van der Waals surface area contributed by atoms with Gasteiger partial charge in [0.15, 0.2) is 0 Å². The van der Waals surface area contributed by atoms with Crippen LogP contribution in [0.3, 0.4) is 0 Å². The molecule has 0 radical (unpaired) electrons. The number of benzene rings is 2. The summed E-state index contributed by atoms with van der Waals surface area (Å²) in [5, 5.41) is 0.687. The van der Waals surface area contributed by atoms with Crippen LogP contribution in [-0.2, 0) is 11.2 Å². The number of carbonyl (C=O) groups is 1. The molecule has 0 aromatic heterocycles. The highest BCUT2D eigenvalue weighted by Gasteiger charge is 2.21. The van der Waals surface area contributed by atoms with E-state index in [1.165, 1.54) is 6.07 Å². The fraction of sp³-hybridized carbons (Fsp3) is 0.381. The molecular weight excluding hydrogens is 367 g/mol. The standard InChI is InChI=1S/C21H24ClFN2O2/c1-15(13-16-3-6-18(22)7-4-16)24(2)21(26)17-5-8-20(19(23)14-17)25-9-11-27-12-10-25/h3-8,14-15H,9-13H2,1-2H3. The van der Waals surface area contributed by atoms with Gasteiger partial charge >= 0.3 is 0 Å². The van der Waals surface area contributed by atoms with Crippen molar-refractivity contribution in [2.45, 2.75) is 19.4 Å². The Morgan fingerprint density at radius 2 is 1.89 bits per heavy atom. The Hall–Kier alpha value is -2.11. The van der Waals surface area contributed by atoms with Gasteiger partial charge in [0.2, 0.25) is 0 Å². The number of amides is 1. The number of ether oxygens (including phenoxy) is 1. The average molecular weight is 391 g/mol. The third-order valence-electron chi connectivity index (χ3n) is 4.97. The third kappa shape index (κ3) is 4.79. The first-order chi connectivity index (χ1) is 13.0. The lowest BCUT2D eigenvalue weighted by molar-refractivity contribution is 0.0743. The number of morpholine rings is 1. The molecule has 3 rings (SSSR count). The van der Waals surface area contributed by atoms with Crippen molar-refractivity contribution >= 4 is 23.2 Å². The zero-order chi connectivity index (χ0) is 19.4. The Labute approximate surface area is 164 Å². The molecule has 1 atom stereocenters. The zero-order valence-electron chi connectivity index (χ0n) is 15.6. The SMILES string of the molecule is CC(Cc1ccc(Cl)cc1)N(C)C(=O)c1ccc(N2CCOCC2)c(F)c1. The van der Waals surface area contributed by atoms with E-state index in [-0.39, 0.29) is 17.8 Å². The summed E-state index contributed by atoms with van der Waals surface area (Å²) in [7, 11) is 1.75. The quantitative estimate of drug-likeness (QED) is 0.773. The van der Waals surface area contributed by atoms with E-state index in [4.69, 9.17) is 16.3 Å². The molecule has 0 spiro atoms. The number of hydrogen-bond donors (Lipinski definition) is 0. The van der Waals surface area contributed by atoms with Crippen LogP contribution in [0.4, 0.5) is 10.1 Å². The van der Waals surface area contributed by atoms with Gasteiger partial charge in [-0.2, -0.15) is 0 Å². The van der Waals surface area contributed by atoms with Gasteiger partial charge in [-0.15, -0.1) is 0 Å². The van der Waals surface area contributed by atoms with Crippen molar-refractivity contribution in [1.82, 2.24) is 4.90 Å². The highest BCUT2D eigenvalue weighted by molar-refractivity contribution is 6.30. The van der Waals surface area contributed by atoms with Gasteiger partial charge < -0.3 is 14.5 Å². The molecule has 1 fully saturated rings. The smallest absolute Gasteiger partial charge is 0.253 e. The molecule has 1 aliphatic rings. The lowest BCUT2D eigenvalue weighted by atomic mass is 10.1. The first kappa shape index (κ1) is 19.6. The summed E-state index contributed by atoms with van der Waals surface area (Å²) in [6, 6.07) is 12.3. The number of carbonyl (C=O) groups excluding carboxylic acids is 1. The molecule has 0 bridgehead atoms. The largest absolute Gasteiger partial charge is 0.378 e. The predicted molar refractivity (Wildman–Crippen MR) is 106 cm³/mol. The van der Waals surface area contributed by atoms with Gasteiger partial charge in [0, 0.05) is 36.8 Å². The summed E-state index contributed by atoms with van der Waals surface area (Å²) in [6.07, 6.45) is 0.702. The molecule has 0 aliphatic carbocycles. The number of anilines is 1. The molecule has 1 heterocycles. The van der Waals surface area contributed by atoms with Crippen LogP contribution in [0.1, 0.15) is 22.8 Å². The number of likely N-dealkylation sites (N-methyl/N-ethyl adjacent to an activating group) is 1. The monoisotopic (exact) mass is 390 g/mol. The van der Waals surface area contributed by atoms with Crippen molar-refractivity contribution in [3.8, 4) is 0 Å². The predicted octanol–water partition coefficient (Wildman–Crippen LogP) is 4.02. The fourth-order valence-corrected chi connectivity index (χ4v) is 3.33. The first-order valence-electron chi connectivity index (χ1n) is 9.09. The van der Waals surface area contributed by atoms with Crippen LogP contribution in [0.2, 0.25) is 5.02 Å². The lowest BCUT2D eigenvalue weighted by Gasteiger charge is -2.29. The molecule has 2 aromatic rings. The first-order valence-corrected chi connectivity index (χ1v) is 9.47. The lowest BCUT2D eigenvalue weighted by Crippen LogP contribution is -2.37. The van der Waals surface area contributed by atoms with Crippen molar-refractivity contribution < 1.29 is 13.9 Å². The summed E-state index contributed by atoms with van der Waals surface area (Å²) in [5.41, 5.74) is 1.97. The highest BCUT2D eigenvalue weighted by Crippen LogP contribution is 2.23. The Morgan fingerprint density at radius 3 is 2.52 bits per heavy atom. The molecule has 0 N–H and O–H groups in total. The number of halogens is 2. The third-order valence-corrected chi connectivity index (χ3v) is 5.22. The van der Waals surface area contributed by atoms with Crippen LogP contribution >= 0.6 is 11.6 Å². The normalized spacial score (nSPS) is 15.5. The molecule has 0 saturated carbocycles. The van der Waals surface area contributed by atoms with Crippen LogP contribution in [0.5, 0.6) is 0 Å². The maximum absolute atomic E-state index is 14.6. The number of nitrogens with zero attached hydrogens (tertiary/aromatic N) is 2. The van der Waals surface area contributed by atoms with Crippen molar-refractivity contribution in [3.63, 3.8) is 0 Å². The minimum atomic E-state index is -0.374. The van der Waals surface area contributed by atoms with Crippen LogP contribution in [0.25, 0.3) is 0 Å².